The molecule has 0 aliphatic carbocycles. The van der Waals surface area contributed by atoms with E-state index in [1.165, 1.54) is 16.7 Å². The number of ether oxygens (including phenoxy) is 1. The number of hydrazine groups is 1. The topological polar surface area (TPSA) is 50.8 Å². The summed E-state index contributed by atoms with van der Waals surface area (Å²) in [6, 6.07) is 19.1. The first kappa shape index (κ1) is 27.4. The fourth-order valence-electron chi connectivity index (χ4n) is 4.11. The molecule has 1 aliphatic heterocycles. The lowest BCUT2D eigenvalue weighted by Gasteiger charge is -2.36. The van der Waals surface area contributed by atoms with E-state index in [9.17, 15) is 4.79 Å². The summed E-state index contributed by atoms with van der Waals surface area (Å²) in [6.45, 7) is 14.8. The molecule has 1 fully saturated rings. The molecule has 0 spiro atoms. The molecule has 5 nitrogen and oxygen atoms in total. The third-order valence-electron chi connectivity index (χ3n) is 7.42. The Bertz CT molecular complexity index is 925. The molecule has 1 heterocycles. The van der Waals surface area contributed by atoms with Crippen molar-refractivity contribution in [3.05, 3.63) is 71.3 Å². The van der Waals surface area contributed by atoms with Gasteiger partial charge in [-0.15, -0.1) is 0 Å². The summed E-state index contributed by atoms with van der Waals surface area (Å²) < 4.78 is 11.8. The molecule has 0 unspecified atom stereocenters. The first-order valence-corrected chi connectivity index (χ1v) is 15.9. The molecular formula is C29H44N2O3Si. The molecule has 2 atom stereocenters. The average molecular weight is 497 g/mol. The lowest BCUT2D eigenvalue weighted by Crippen LogP contribution is -2.51. The SMILES string of the molecule is Cc1ccc(C[C@H](CCCCO[Si](C)(C)C(C)(C)C)NN2C(=O)OC[C@@H]2Cc2ccccc2)cc1. The molecule has 2 aromatic rings. The molecule has 0 radical (unpaired) electrons. The molecule has 2 aromatic carbocycles. The average Bonchev–Trinajstić information content (AvgIpc) is 3.13. The third kappa shape index (κ3) is 8.19. The van der Waals surface area contributed by atoms with Crippen molar-refractivity contribution in [3.63, 3.8) is 0 Å². The van der Waals surface area contributed by atoms with E-state index < -0.39 is 8.32 Å². The summed E-state index contributed by atoms with van der Waals surface area (Å²) in [5.74, 6) is 0. The highest BCUT2D eigenvalue weighted by Crippen LogP contribution is 2.36. The van der Waals surface area contributed by atoms with Gasteiger partial charge < -0.3 is 9.16 Å². The standard InChI is InChI=1S/C29H44N2O3Si/c1-23-15-17-25(18-16-23)20-26(14-10-11-19-34-35(5,6)29(2,3)4)30-31-27(22-33-28(31)32)21-24-12-8-7-9-13-24/h7-9,12-13,15-18,26-27,30H,10-11,14,19-22H2,1-6H3/t26-,27-/m0/s1. The van der Waals surface area contributed by atoms with Crippen molar-refractivity contribution in [2.75, 3.05) is 13.2 Å². The van der Waals surface area contributed by atoms with Gasteiger partial charge in [0.15, 0.2) is 8.32 Å². The van der Waals surface area contributed by atoms with Gasteiger partial charge in [0.25, 0.3) is 0 Å². The highest BCUT2D eigenvalue weighted by molar-refractivity contribution is 6.74. The van der Waals surface area contributed by atoms with E-state index in [0.29, 0.717) is 6.61 Å². The summed E-state index contributed by atoms with van der Waals surface area (Å²) in [4.78, 5) is 12.6. The van der Waals surface area contributed by atoms with Crippen LogP contribution in [0.2, 0.25) is 18.1 Å². The fraction of sp³-hybridized carbons (Fsp3) is 0.552. The van der Waals surface area contributed by atoms with Crippen molar-refractivity contribution in [2.45, 2.75) is 90.0 Å². The number of cyclic esters (lactones) is 1. The second-order valence-electron chi connectivity index (χ2n) is 11.4. The van der Waals surface area contributed by atoms with Crippen LogP contribution in [0.3, 0.4) is 0 Å². The van der Waals surface area contributed by atoms with Crippen LogP contribution >= 0.6 is 0 Å². The van der Waals surface area contributed by atoms with Crippen molar-refractivity contribution in [1.82, 2.24) is 10.4 Å². The number of benzene rings is 2. The van der Waals surface area contributed by atoms with Gasteiger partial charge in [0.1, 0.15) is 6.61 Å². The van der Waals surface area contributed by atoms with E-state index in [1.54, 1.807) is 5.01 Å². The van der Waals surface area contributed by atoms with E-state index in [-0.39, 0.29) is 23.2 Å². The van der Waals surface area contributed by atoms with Gasteiger partial charge in [0, 0.05) is 12.6 Å². The zero-order valence-corrected chi connectivity index (χ0v) is 23.5. The predicted molar refractivity (Wildman–Crippen MR) is 146 cm³/mol. The molecule has 3 rings (SSSR count). The van der Waals surface area contributed by atoms with Crippen LogP contribution in [0.1, 0.15) is 56.7 Å². The molecule has 35 heavy (non-hydrogen) atoms. The zero-order chi connectivity index (χ0) is 25.5. The second-order valence-corrected chi connectivity index (χ2v) is 16.2. The summed E-state index contributed by atoms with van der Waals surface area (Å²) in [5, 5.41) is 1.96. The van der Waals surface area contributed by atoms with Crippen LogP contribution in [0.4, 0.5) is 4.79 Å². The van der Waals surface area contributed by atoms with E-state index >= 15 is 0 Å². The van der Waals surface area contributed by atoms with Crippen molar-refractivity contribution >= 4 is 14.4 Å². The number of nitrogens with zero attached hydrogens (tertiary/aromatic N) is 1. The first-order chi connectivity index (χ1) is 16.5. The van der Waals surface area contributed by atoms with Crippen LogP contribution in [0.15, 0.2) is 54.6 Å². The minimum absolute atomic E-state index is 0.00710. The molecule has 0 bridgehead atoms. The third-order valence-corrected chi connectivity index (χ3v) is 12.0. The minimum atomic E-state index is -1.72. The molecular weight excluding hydrogens is 452 g/mol. The van der Waals surface area contributed by atoms with Gasteiger partial charge in [-0.25, -0.2) is 15.2 Å². The van der Waals surface area contributed by atoms with E-state index in [2.05, 4.69) is 82.6 Å². The van der Waals surface area contributed by atoms with Crippen LogP contribution in [-0.4, -0.2) is 44.7 Å². The number of aryl methyl sites for hydroxylation is 1. The molecule has 1 aliphatic rings. The molecule has 1 N–H and O–H groups in total. The van der Waals surface area contributed by atoms with Gasteiger partial charge in [0.2, 0.25) is 0 Å². The maximum atomic E-state index is 12.6. The van der Waals surface area contributed by atoms with Gasteiger partial charge in [-0.05, 0) is 68.3 Å². The van der Waals surface area contributed by atoms with Crippen molar-refractivity contribution < 1.29 is 14.0 Å². The van der Waals surface area contributed by atoms with Crippen LogP contribution in [0.5, 0.6) is 0 Å². The fourth-order valence-corrected chi connectivity index (χ4v) is 5.20. The Kier molecular flexibility index (Phi) is 9.56. The Morgan fingerprint density at radius 1 is 1.06 bits per heavy atom. The van der Waals surface area contributed by atoms with Gasteiger partial charge in [-0.1, -0.05) is 80.9 Å². The number of nitrogens with one attached hydrogen (secondary N) is 1. The first-order valence-electron chi connectivity index (χ1n) is 13.0. The molecule has 6 heteroatoms. The Labute approximate surface area is 213 Å². The van der Waals surface area contributed by atoms with Crippen LogP contribution in [-0.2, 0) is 22.0 Å². The van der Waals surface area contributed by atoms with Crippen LogP contribution in [0.25, 0.3) is 0 Å². The monoisotopic (exact) mass is 496 g/mol. The molecule has 192 valence electrons. The van der Waals surface area contributed by atoms with Gasteiger partial charge >= 0.3 is 6.09 Å². The lowest BCUT2D eigenvalue weighted by molar-refractivity contribution is 0.127. The molecule has 0 aromatic heterocycles. The number of unbranched alkanes of at least 4 members (excludes halogenated alkanes) is 1. The molecule has 1 saturated heterocycles. The largest absolute Gasteiger partial charge is 0.446 e. The maximum Gasteiger partial charge on any atom is 0.424 e. The van der Waals surface area contributed by atoms with Crippen molar-refractivity contribution in [3.8, 4) is 0 Å². The van der Waals surface area contributed by atoms with Gasteiger partial charge in [-0.3, -0.25) is 0 Å². The van der Waals surface area contributed by atoms with Gasteiger partial charge in [0.05, 0.1) is 6.04 Å². The highest BCUT2D eigenvalue weighted by Gasteiger charge is 2.37. The second kappa shape index (κ2) is 12.2. The Balaban J connectivity index is 1.61. The zero-order valence-electron chi connectivity index (χ0n) is 22.5. The Hall–Kier alpha value is -2.15. The summed E-state index contributed by atoms with van der Waals surface area (Å²) in [6.07, 6.45) is 4.40. The van der Waals surface area contributed by atoms with Crippen molar-refractivity contribution in [1.29, 1.82) is 0 Å². The number of amides is 1. The van der Waals surface area contributed by atoms with Crippen LogP contribution < -0.4 is 5.43 Å². The minimum Gasteiger partial charge on any atom is -0.446 e. The maximum absolute atomic E-state index is 12.6. The number of hydrogen-bond acceptors (Lipinski definition) is 4. The normalized spacial score (nSPS) is 17.5. The predicted octanol–water partition coefficient (Wildman–Crippen LogP) is 6.67. The molecule has 1 amide bonds. The summed E-state index contributed by atoms with van der Waals surface area (Å²) >= 11 is 0. The number of carbonyl (C=O) groups excluding carboxylic acids is 1. The number of hydrogen-bond donors (Lipinski definition) is 1. The Morgan fingerprint density at radius 3 is 2.40 bits per heavy atom. The summed E-state index contributed by atoms with van der Waals surface area (Å²) in [5.41, 5.74) is 7.30. The highest BCUT2D eigenvalue weighted by atomic mass is 28.4. The van der Waals surface area contributed by atoms with Crippen molar-refractivity contribution in [2.24, 2.45) is 0 Å². The van der Waals surface area contributed by atoms with E-state index in [4.69, 9.17) is 9.16 Å². The molecule has 0 saturated carbocycles. The quantitative estimate of drug-likeness (QED) is 0.263. The summed E-state index contributed by atoms with van der Waals surface area (Å²) in [7, 11) is -1.72. The number of carbonyl (C=O) groups is 1. The van der Waals surface area contributed by atoms with Gasteiger partial charge in [-0.2, -0.15) is 0 Å². The number of rotatable bonds is 12. The smallest absolute Gasteiger partial charge is 0.424 e. The van der Waals surface area contributed by atoms with E-state index in [1.807, 2.05) is 18.2 Å². The Morgan fingerprint density at radius 2 is 1.74 bits per heavy atom. The lowest BCUT2D eigenvalue weighted by atomic mass is 10.0. The van der Waals surface area contributed by atoms with E-state index in [0.717, 1.165) is 38.7 Å². The van der Waals surface area contributed by atoms with Crippen LogP contribution in [0, 0.1) is 6.92 Å².